The standard InChI is InChI=1S/C9H17N5O/c1-13(2)7-9(15)11-5-6-14-8(10)3-4-12-14/h3-4H,5-7,10H2,1-2H3,(H,11,15). The molecule has 0 fully saturated rings. The number of carbonyl (C=O) groups excluding carboxylic acids is 1. The van der Waals surface area contributed by atoms with Gasteiger partial charge >= 0.3 is 0 Å². The highest BCUT2D eigenvalue weighted by atomic mass is 16.2. The summed E-state index contributed by atoms with van der Waals surface area (Å²) in [5, 5.41) is 6.79. The minimum atomic E-state index is 0.00530. The van der Waals surface area contributed by atoms with Gasteiger partial charge in [0.15, 0.2) is 0 Å². The molecule has 0 unspecified atom stereocenters. The Morgan fingerprint density at radius 3 is 2.93 bits per heavy atom. The normalized spacial score (nSPS) is 10.6. The summed E-state index contributed by atoms with van der Waals surface area (Å²) in [6.07, 6.45) is 1.64. The zero-order chi connectivity index (χ0) is 11.3. The first-order valence-electron chi connectivity index (χ1n) is 4.78. The lowest BCUT2D eigenvalue weighted by Gasteiger charge is -2.10. The van der Waals surface area contributed by atoms with E-state index in [1.165, 1.54) is 0 Å². The van der Waals surface area contributed by atoms with Crippen LogP contribution in [-0.2, 0) is 11.3 Å². The van der Waals surface area contributed by atoms with E-state index in [9.17, 15) is 4.79 Å². The van der Waals surface area contributed by atoms with Crippen LogP contribution in [0.3, 0.4) is 0 Å². The molecule has 0 aromatic carbocycles. The van der Waals surface area contributed by atoms with E-state index in [1.807, 2.05) is 19.0 Å². The molecule has 6 heteroatoms. The fourth-order valence-corrected chi connectivity index (χ4v) is 1.17. The highest BCUT2D eigenvalue weighted by Crippen LogP contribution is 1.97. The first kappa shape index (κ1) is 11.5. The molecule has 84 valence electrons. The molecule has 0 radical (unpaired) electrons. The molecule has 3 N–H and O–H groups in total. The van der Waals surface area contributed by atoms with Crippen molar-refractivity contribution in [3.05, 3.63) is 12.3 Å². The average Bonchev–Trinajstić information content (AvgIpc) is 2.50. The molecule has 1 rings (SSSR count). The quantitative estimate of drug-likeness (QED) is 0.664. The van der Waals surface area contributed by atoms with Gasteiger partial charge in [-0.05, 0) is 20.2 Å². The van der Waals surface area contributed by atoms with Crippen molar-refractivity contribution < 1.29 is 4.79 Å². The molecule has 1 heterocycles. The lowest BCUT2D eigenvalue weighted by Crippen LogP contribution is -2.35. The predicted octanol–water partition coefficient (Wildman–Crippen LogP) is -0.857. The minimum Gasteiger partial charge on any atom is -0.384 e. The van der Waals surface area contributed by atoms with Crippen molar-refractivity contribution in [2.45, 2.75) is 6.54 Å². The van der Waals surface area contributed by atoms with Crippen LogP contribution >= 0.6 is 0 Å². The summed E-state index contributed by atoms with van der Waals surface area (Å²) in [4.78, 5) is 13.1. The Morgan fingerprint density at radius 2 is 2.40 bits per heavy atom. The topological polar surface area (TPSA) is 76.2 Å². The number of nitrogens with zero attached hydrogens (tertiary/aromatic N) is 3. The van der Waals surface area contributed by atoms with E-state index in [0.717, 1.165) is 0 Å². The van der Waals surface area contributed by atoms with Gasteiger partial charge in [-0.3, -0.25) is 4.79 Å². The van der Waals surface area contributed by atoms with Gasteiger partial charge in [-0.25, -0.2) is 4.68 Å². The third-order valence-electron chi connectivity index (χ3n) is 1.86. The Balaban J connectivity index is 2.22. The maximum Gasteiger partial charge on any atom is 0.234 e. The zero-order valence-electron chi connectivity index (χ0n) is 9.10. The Bertz CT molecular complexity index is 320. The van der Waals surface area contributed by atoms with Crippen molar-refractivity contribution in [2.24, 2.45) is 0 Å². The van der Waals surface area contributed by atoms with Gasteiger partial charge in [0, 0.05) is 6.54 Å². The van der Waals surface area contributed by atoms with Crippen LogP contribution in [0.5, 0.6) is 0 Å². The molecule has 15 heavy (non-hydrogen) atoms. The zero-order valence-corrected chi connectivity index (χ0v) is 9.10. The van der Waals surface area contributed by atoms with Crippen LogP contribution in [0.25, 0.3) is 0 Å². The molecule has 0 aliphatic rings. The molecule has 0 spiro atoms. The summed E-state index contributed by atoms with van der Waals surface area (Å²) in [6, 6.07) is 1.72. The minimum absolute atomic E-state index is 0.00530. The Labute approximate surface area is 89.0 Å². The Morgan fingerprint density at radius 1 is 1.67 bits per heavy atom. The lowest BCUT2D eigenvalue weighted by molar-refractivity contribution is -0.121. The third-order valence-corrected chi connectivity index (χ3v) is 1.86. The predicted molar refractivity (Wildman–Crippen MR) is 58.2 cm³/mol. The smallest absolute Gasteiger partial charge is 0.234 e. The maximum absolute atomic E-state index is 11.3. The molecule has 0 saturated heterocycles. The molecule has 6 nitrogen and oxygen atoms in total. The van der Waals surface area contributed by atoms with Crippen molar-refractivity contribution in [1.82, 2.24) is 20.0 Å². The van der Waals surface area contributed by atoms with Gasteiger partial charge in [0.05, 0.1) is 19.3 Å². The summed E-state index contributed by atoms with van der Waals surface area (Å²) < 4.78 is 1.65. The van der Waals surface area contributed by atoms with Gasteiger partial charge in [-0.15, -0.1) is 0 Å². The van der Waals surface area contributed by atoms with Crippen LogP contribution in [0, 0.1) is 0 Å². The maximum atomic E-state index is 11.3. The largest absolute Gasteiger partial charge is 0.384 e. The molecule has 1 aromatic rings. The average molecular weight is 211 g/mol. The van der Waals surface area contributed by atoms with Crippen molar-refractivity contribution in [1.29, 1.82) is 0 Å². The summed E-state index contributed by atoms with van der Waals surface area (Å²) in [7, 11) is 3.70. The van der Waals surface area contributed by atoms with E-state index in [4.69, 9.17) is 5.73 Å². The molecule has 0 aliphatic heterocycles. The van der Waals surface area contributed by atoms with Gasteiger partial charge < -0.3 is 16.0 Å². The second kappa shape index (κ2) is 5.35. The van der Waals surface area contributed by atoms with E-state index < -0.39 is 0 Å². The first-order valence-corrected chi connectivity index (χ1v) is 4.78. The fourth-order valence-electron chi connectivity index (χ4n) is 1.17. The number of amides is 1. The van der Waals surface area contributed by atoms with Gasteiger partial charge in [0.1, 0.15) is 5.82 Å². The highest BCUT2D eigenvalue weighted by molar-refractivity contribution is 5.77. The van der Waals surface area contributed by atoms with Crippen LogP contribution in [0.2, 0.25) is 0 Å². The van der Waals surface area contributed by atoms with Crippen molar-refractivity contribution >= 4 is 11.7 Å². The van der Waals surface area contributed by atoms with Gasteiger partial charge in [0.25, 0.3) is 0 Å². The third kappa shape index (κ3) is 3.99. The summed E-state index contributed by atoms with van der Waals surface area (Å²) >= 11 is 0. The fraction of sp³-hybridized carbons (Fsp3) is 0.556. The first-order chi connectivity index (χ1) is 7.09. The molecule has 1 amide bonds. The number of nitrogen functional groups attached to an aromatic ring is 1. The van der Waals surface area contributed by atoms with E-state index in [2.05, 4.69) is 10.4 Å². The van der Waals surface area contributed by atoms with E-state index in [1.54, 1.807) is 16.9 Å². The summed E-state index contributed by atoms with van der Waals surface area (Å²) in [5.41, 5.74) is 5.62. The van der Waals surface area contributed by atoms with E-state index in [-0.39, 0.29) is 5.91 Å². The molecular weight excluding hydrogens is 194 g/mol. The van der Waals surface area contributed by atoms with Crippen molar-refractivity contribution in [3.8, 4) is 0 Å². The second-order valence-corrected chi connectivity index (χ2v) is 3.57. The lowest BCUT2D eigenvalue weighted by atomic mass is 10.5. The summed E-state index contributed by atoms with van der Waals surface area (Å²) in [6.45, 7) is 1.53. The van der Waals surface area contributed by atoms with Crippen LogP contribution in [0.4, 0.5) is 5.82 Å². The van der Waals surface area contributed by atoms with Crippen molar-refractivity contribution in [3.63, 3.8) is 0 Å². The molecule has 0 saturated carbocycles. The second-order valence-electron chi connectivity index (χ2n) is 3.57. The van der Waals surface area contributed by atoms with Crippen LogP contribution in [-0.4, -0.2) is 47.8 Å². The molecule has 0 aliphatic carbocycles. The van der Waals surface area contributed by atoms with Gasteiger partial charge in [-0.1, -0.05) is 0 Å². The van der Waals surface area contributed by atoms with E-state index in [0.29, 0.717) is 25.5 Å². The van der Waals surface area contributed by atoms with Crippen LogP contribution in [0.15, 0.2) is 12.3 Å². The van der Waals surface area contributed by atoms with Crippen LogP contribution < -0.4 is 11.1 Å². The van der Waals surface area contributed by atoms with Crippen LogP contribution in [0.1, 0.15) is 0 Å². The van der Waals surface area contributed by atoms with Gasteiger partial charge in [-0.2, -0.15) is 5.10 Å². The monoisotopic (exact) mass is 211 g/mol. The number of carbonyl (C=O) groups is 1. The molecule has 0 bridgehead atoms. The number of rotatable bonds is 5. The highest BCUT2D eigenvalue weighted by Gasteiger charge is 2.02. The SMILES string of the molecule is CN(C)CC(=O)NCCn1nccc1N. The number of nitrogens with one attached hydrogen (secondary N) is 1. The number of hydrogen-bond donors (Lipinski definition) is 2. The van der Waals surface area contributed by atoms with Gasteiger partial charge in [0.2, 0.25) is 5.91 Å². The molecule has 0 atom stereocenters. The Kier molecular flexibility index (Phi) is 4.11. The number of likely N-dealkylation sites (N-methyl/N-ethyl adjacent to an activating group) is 1. The molecule has 1 aromatic heterocycles. The summed E-state index contributed by atoms with van der Waals surface area (Å²) in [5.74, 6) is 0.614. The number of anilines is 1. The number of nitrogens with two attached hydrogens (primary N) is 1. The Hall–Kier alpha value is -1.56. The number of aromatic nitrogens is 2. The van der Waals surface area contributed by atoms with E-state index >= 15 is 0 Å². The van der Waals surface area contributed by atoms with Crippen molar-refractivity contribution in [2.75, 3.05) is 32.9 Å². The molecular formula is C9H17N5O. The number of hydrogen-bond acceptors (Lipinski definition) is 4.